The van der Waals surface area contributed by atoms with E-state index in [4.69, 9.17) is 13.9 Å². The van der Waals surface area contributed by atoms with E-state index in [0.717, 1.165) is 0 Å². The smallest absolute Gasteiger partial charge is 0.312 e. The first kappa shape index (κ1) is 20.8. The molecule has 3 aliphatic rings. The summed E-state index contributed by atoms with van der Waals surface area (Å²) in [5.41, 5.74) is -3.58. The molecule has 1 aliphatic heterocycles. The molecule has 8 atom stereocenters. The first-order chi connectivity index (χ1) is 13.7. The van der Waals surface area contributed by atoms with Crippen molar-refractivity contribution in [3.8, 4) is 0 Å². The lowest BCUT2D eigenvalue weighted by Crippen LogP contribution is -2.78. The van der Waals surface area contributed by atoms with Crippen molar-refractivity contribution in [1.82, 2.24) is 0 Å². The molecule has 2 saturated carbocycles. The fraction of sp³-hybridized carbons (Fsp3) is 0.762. The molecule has 8 heteroatoms. The Bertz CT molecular complexity index is 750. The van der Waals surface area contributed by atoms with E-state index < -0.39 is 46.6 Å². The van der Waals surface area contributed by atoms with Crippen LogP contribution in [0.1, 0.15) is 44.3 Å². The average molecular weight is 410 g/mol. The van der Waals surface area contributed by atoms with Gasteiger partial charge in [0.2, 0.25) is 0 Å². The molecule has 0 amide bonds. The molecule has 1 aromatic rings. The molecule has 0 spiro atoms. The van der Waals surface area contributed by atoms with Gasteiger partial charge in [-0.3, -0.25) is 4.79 Å². The number of carbonyl (C=O) groups excluding carboxylic acids is 1. The van der Waals surface area contributed by atoms with Crippen LogP contribution >= 0.6 is 0 Å². The first-order valence-electron chi connectivity index (χ1n) is 10.2. The monoisotopic (exact) mass is 410 g/mol. The summed E-state index contributed by atoms with van der Waals surface area (Å²) in [6.07, 6.45) is 0.883. The number of rotatable bonds is 5. The molecule has 3 fully saturated rings. The molecule has 162 valence electrons. The van der Waals surface area contributed by atoms with E-state index in [1.54, 1.807) is 6.07 Å². The first-order valence-corrected chi connectivity index (χ1v) is 10.2. The largest absolute Gasteiger partial charge is 0.472 e. The van der Waals surface area contributed by atoms with Crippen LogP contribution in [0.3, 0.4) is 0 Å². The lowest BCUT2D eigenvalue weighted by atomic mass is 9.40. The third-order valence-corrected chi connectivity index (χ3v) is 8.03. The molecule has 4 rings (SSSR count). The van der Waals surface area contributed by atoms with Gasteiger partial charge < -0.3 is 34.3 Å². The molecule has 0 aromatic carbocycles. The topological polar surface area (TPSA) is 130 Å². The summed E-state index contributed by atoms with van der Waals surface area (Å²) in [5, 5.41) is 44.4. The van der Waals surface area contributed by atoms with E-state index in [1.807, 2.05) is 6.92 Å². The van der Waals surface area contributed by atoms with E-state index in [-0.39, 0.29) is 38.4 Å². The quantitative estimate of drug-likeness (QED) is 0.524. The fourth-order valence-corrected chi connectivity index (χ4v) is 6.53. The Morgan fingerprint density at radius 1 is 1.31 bits per heavy atom. The van der Waals surface area contributed by atoms with Crippen LogP contribution in [0.4, 0.5) is 0 Å². The number of furan rings is 1. The Morgan fingerprint density at radius 3 is 2.72 bits per heavy atom. The zero-order valence-electron chi connectivity index (χ0n) is 16.8. The molecule has 4 N–H and O–H groups in total. The summed E-state index contributed by atoms with van der Waals surface area (Å²) >= 11 is 0. The van der Waals surface area contributed by atoms with Crippen LogP contribution in [0.5, 0.6) is 0 Å². The Balaban J connectivity index is 1.83. The highest BCUT2D eigenvalue weighted by Crippen LogP contribution is 2.67. The van der Waals surface area contributed by atoms with Crippen LogP contribution in [0.15, 0.2) is 23.0 Å². The maximum Gasteiger partial charge on any atom is 0.312 e. The molecule has 8 nitrogen and oxygen atoms in total. The van der Waals surface area contributed by atoms with Crippen molar-refractivity contribution in [1.29, 1.82) is 0 Å². The van der Waals surface area contributed by atoms with E-state index in [9.17, 15) is 25.2 Å². The van der Waals surface area contributed by atoms with Gasteiger partial charge in [0.15, 0.2) is 0 Å². The second-order valence-electron chi connectivity index (χ2n) is 9.09. The number of carbonyl (C=O) groups is 1. The van der Waals surface area contributed by atoms with Gasteiger partial charge in [-0.2, -0.15) is 0 Å². The van der Waals surface area contributed by atoms with Gasteiger partial charge in [-0.05, 0) is 43.6 Å². The molecule has 2 aliphatic carbocycles. The van der Waals surface area contributed by atoms with E-state index in [2.05, 4.69) is 0 Å². The van der Waals surface area contributed by atoms with Crippen molar-refractivity contribution in [3.63, 3.8) is 0 Å². The van der Waals surface area contributed by atoms with Crippen molar-refractivity contribution in [2.75, 3.05) is 20.3 Å². The Labute approximate surface area is 169 Å². The highest BCUT2D eigenvalue weighted by Gasteiger charge is 2.76. The van der Waals surface area contributed by atoms with Crippen LogP contribution in [-0.4, -0.2) is 64.5 Å². The minimum atomic E-state index is -1.77. The van der Waals surface area contributed by atoms with Crippen molar-refractivity contribution in [2.24, 2.45) is 22.7 Å². The van der Waals surface area contributed by atoms with Gasteiger partial charge in [-0.15, -0.1) is 0 Å². The normalized spacial score (nSPS) is 45.4. The SMILES string of the molecule is COC[C@@]1(O)[C@@H](O)CC[C@@H]2[C@@]3(C[C@H](O)c4ccoc4)C(=O)OC[C@@]21[C@H](O)C[C@H]3C. The van der Waals surface area contributed by atoms with Crippen molar-refractivity contribution in [3.05, 3.63) is 24.2 Å². The summed E-state index contributed by atoms with van der Waals surface area (Å²) in [4.78, 5) is 13.2. The third kappa shape index (κ3) is 2.59. The number of cyclic esters (lactones) is 1. The Hall–Kier alpha value is -1.45. The maximum absolute atomic E-state index is 13.2. The summed E-state index contributed by atoms with van der Waals surface area (Å²) in [5.74, 6) is -1.18. The van der Waals surface area contributed by atoms with E-state index >= 15 is 0 Å². The van der Waals surface area contributed by atoms with E-state index in [1.165, 1.54) is 19.6 Å². The summed E-state index contributed by atoms with van der Waals surface area (Å²) < 4.78 is 15.9. The van der Waals surface area contributed by atoms with Crippen molar-refractivity contribution >= 4 is 5.97 Å². The summed E-state index contributed by atoms with van der Waals surface area (Å²) in [6.45, 7) is 1.50. The zero-order valence-corrected chi connectivity index (χ0v) is 16.8. The number of hydrogen-bond donors (Lipinski definition) is 4. The number of aliphatic hydroxyl groups is 4. The van der Waals surface area contributed by atoms with Gasteiger partial charge in [-0.25, -0.2) is 0 Å². The molecular weight excluding hydrogens is 380 g/mol. The molecular formula is C21H30O8. The van der Waals surface area contributed by atoms with Crippen molar-refractivity contribution < 1.29 is 39.1 Å². The predicted molar refractivity (Wildman–Crippen MR) is 99.5 cm³/mol. The second-order valence-corrected chi connectivity index (χ2v) is 9.09. The van der Waals surface area contributed by atoms with Crippen LogP contribution in [-0.2, 0) is 14.3 Å². The molecule has 29 heavy (non-hydrogen) atoms. The maximum atomic E-state index is 13.2. The number of aliphatic hydroxyl groups excluding tert-OH is 3. The van der Waals surface area contributed by atoms with Crippen LogP contribution in [0, 0.1) is 22.7 Å². The highest BCUT2D eigenvalue weighted by molar-refractivity contribution is 5.79. The number of hydrogen-bond acceptors (Lipinski definition) is 8. The van der Waals surface area contributed by atoms with Crippen molar-refractivity contribution in [2.45, 2.75) is 56.5 Å². The van der Waals surface area contributed by atoms with Crippen LogP contribution < -0.4 is 0 Å². The standard InChI is InChI=1S/C21H30O8/c1-12-7-17(24)20-10-29-18(25)19(12,8-14(22)13-5-6-28-9-13)15(20)3-4-16(23)21(20,26)11-27-2/h5-6,9,12,14-17,22-24,26H,3-4,7-8,10-11H2,1-2H3/t12-,14+,15-,16+,17-,19+,20+,21-/m1/s1. The highest BCUT2D eigenvalue weighted by atomic mass is 16.5. The number of ether oxygens (including phenoxy) is 2. The molecule has 2 bridgehead atoms. The van der Waals surface area contributed by atoms with Crippen LogP contribution in [0.2, 0.25) is 0 Å². The number of methoxy groups -OCH3 is 1. The minimum absolute atomic E-state index is 0.0881. The summed E-state index contributed by atoms with van der Waals surface area (Å²) in [7, 11) is 1.42. The lowest BCUT2D eigenvalue weighted by molar-refractivity contribution is -0.328. The summed E-state index contributed by atoms with van der Waals surface area (Å²) in [6, 6.07) is 1.65. The molecule has 1 aromatic heterocycles. The zero-order chi connectivity index (χ0) is 21.0. The lowest BCUT2D eigenvalue weighted by Gasteiger charge is -2.68. The predicted octanol–water partition coefficient (Wildman–Crippen LogP) is 0.782. The van der Waals surface area contributed by atoms with Gasteiger partial charge in [-0.1, -0.05) is 6.92 Å². The Kier molecular flexibility index (Phi) is 5.07. The molecule has 0 radical (unpaired) electrons. The average Bonchev–Trinajstić information content (AvgIpc) is 3.21. The van der Waals surface area contributed by atoms with Gasteiger partial charge in [0.25, 0.3) is 0 Å². The molecule has 2 heterocycles. The minimum Gasteiger partial charge on any atom is -0.472 e. The van der Waals surface area contributed by atoms with E-state index in [0.29, 0.717) is 12.0 Å². The molecule has 1 saturated heterocycles. The van der Waals surface area contributed by atoms with Gasteiger partial charge in [0.1, 0.15) is 12.2 Å². The molecule has 0 unspecified atom stereocenters. The fourth-order valence-electron chi connectivity index (χ4n) is 6.53. The van der Waals surface area contributed by atoms with Gasteiger partial charge in [0.05, 0.1) is 48.3 Å². The number of esters is 1. The Morgan fingerprint density at radius 2 is 2.07 bits per heavy atom. The third-order valence-electron chi connectivity index (χ3n) is 8.03. The van der Waals surface area contributed by atoms with Gasteiger partial charge in [0, 0.05) is 12.7 Å². The van der Waals surface area contributed by atoms with Crippen LogP contribution in [0.25, 0.3) is 0 Å². The van der Waals surface area contributed by atoms with Gasteiger partial charge >= 0.3 is 5.97 Å². The second kappa shape index (κ2) is 7.06.